The molecule has 1 aliphatic rings. The minimum Gasteiger partial charge on any atom is -0.506 e. The van der Waals surface area contributed by atoms with Crippen molar-refractivity contribution in [1.29, 1.82) is 0 Å². The number of aliphatic hydroxyl groups is 1. The Morgan fingerprint density at radius 3 is 2.49 bits per heavy atom. The van der Waals surface area contributed by atoms with E-state index in [0.717, 1.165) is 17.3 Å². The number of hydrogen-bond donors (Lipinski definition) is 1. The number of esters is 1. The highest BCUT2D eigenvalue weighted by Gasteiger charge is 2.33. The maximum Gasteiger partial charge on any atom is 0.344 e. The van der Waals surface area contributed by atoms with Gasteiger partial charge < -0.3 is 19.3 Å². The van der Waals surface area contributed by atoms with E-state index in [9.17, 15) is 9.90 Å². The maximum atomic E-state index is 12.6. The number of halogens is 2. The van der Waals surface area contributed by atoms with Gasteiger partial charge in [-0.15, -0.1) is 0 Å². The molecular weight excluding hydrogens is 533 g/mol. The quantitative estimate of drug-likeness (QED) is 0.286. The third-order valence-corrected chi connectivity index (χ3v) is 6.91. The lowest BCUT2D eigenvalue weighted by atomic mass is 10.1. The fourth-order valence-corrected chi connectivity index (χ4v) is 4.99. The van der Waals surface area contributed by atoms with Crippen molar-refractivity contribution >= 4 is 57.7 Å². The first-order chi connectivity index (χ1) is 17.9. The van der Waals surface area contributed by atoms with Crippen molar-refractivity contribution in [3.63, 3.8) is 0 Å². The van der Waals surface area contributed by atoms with E-state index in [4.69, 9.17) is 37.4 Å². The number of hydrogen-bond acceptors (Lipinski definition) is 7. The molecule has 190 valence electrons. The summed E-state index contributed by atoms with van der Waals surface area (Å²) in [6, 6.07) is 19.9. The Hall–Kier alpha value is -3.39. The first-order valence-electron chi connectivity index (χ1n) is 11.3. The molecule has 6 nitrogen and oxygen atoms in total. The molecule has 0 spiro atoms. The largest absolute Gasteiger partial charge is 0.506 e. The van der Waals surface area contributed by atoms with Crippen LogP contribution in [0.15, 0.2) is 88.0 Å². The number of rotatable bonds is 8. The highest BCUT2D eigenvalue weighted by molar-refractivity contribution is 8.18. The van der Waals surface area contributed by atoms with Crippen LogP contribution in [-0.2, 0) is 16.1 Å². The topological polar surface area (TPSA) is 77.4 Å². The van der Waals surface area contributed by atoms with Gasteiger partial charge in [0.05, 0.1) is 29.3 Å². The van der Waals surface area contributed by atoms with Crippen LogP contribution in [0.3, 0.4) is 0 Å². The lowest BCUT2D eigenvalue weighted by Gasteiger charge is -2.14. The van der Waals surface area contributed by atoms with E-state index in [1.165, 1.54) is 7.11 Å². The Labute approximate surface area is 229 Å². The van der Waals surface area contributed by atoms with Crippen LogP contribution < -0.4 is 9.47 Å². The van der Waals surface area contributed by atoms with Crippen LogP contribution in [0.5, 0.6) is 11.5 Å². The van der Waals surface area contributed by atoms with E-state index in [0.29, 0.717) is 42.7 Å². The van der Waals surface area contributed by atoms with Crippen LogP contribution in [-0.4, -0.2) is 29.8 Å². The number of nitrogens with zero attached hydrogens (tertiary/aromatic N) is 1. The summed E-state index contributed by atoms with van der Waals surface area (Å²) >= 11 is 13.9. The molecule has 0 unspecified atom stereocenters. The van der Waals surface area contributed by atoms with E-state index in [1.54, 1.807) is 43.3 Å². The number of ether oxygens (including phenoxy) is 3. The number of para-hydroxylation sites is 1. The normalized spacial score (nSPS) is 15.4. The molecule has 0 aliphatic carbocycles. The molecule has 0 bridgehead atoms. The predicted molar refractivity (Wildman–Crippen MR) is 149 cm³/mol. The van der Waals surface area contributed by atoms with E-state index >= 15 is 0 Å². The fourth-order valence-electron chi connectivity index (χ4n) is 3.49. The molecule has 4 rings (SSSR count). The minimum absolute atomic E-state index is 0.0136. The third-order valence-electron chi connectivity index (χ3n) is 5.24. The van der Waals surface area contributed by atoms with E-state index in [2.05, 4.69) is 4.99 Å². The summed E-state index contributed by atoms with van der Waals surface area (Å²) in [6.07, 6.45) is 1.69. The second-order valence-electron chi connectivity index (χ2n) is 7.72. The van der Waals surface area contributed by atoms with Crippen LogP contribution >= 0.6 is 35.0 Å². The van der Waals surface area contributed by atoms with Gasteiger partial charge in [0.15, 0.2) is 11.5 Å². The van der Waals surface area contributed by atoms with Crippen molar-refractivity contribution in [3.05, 3.63) is 104 Å². The zero-order valence-electron chi connectivity index (χ0n) is 20.0. The summed E-state index contributed by atoms with van der Waals surface area (Å²) in [5.74, 6) is -0.0953. The maximum absolute atomic E-state index is 12.6. The molecule has 0 saturated carbocycles. The number of methoxy groups -OCH3 is 1. The highest BCUT2D eigenvalue weighted by Crippen LogP contribution is 2.42. The van der Waals surface area contributed by atoms with E-state index in [-0.39, 0.29) is 24.5 Å². The monoisotopic (exact) mass is 555 g/mol. The second-order valence-corrected chi connectivity index (χ2v) is 9.57. The van der Waals surface area contributed by atoms with Crippen molar-refractivity contribution < 1.29 is 24.1 Å². The van der Waals surface area contributed by atoms with Crippen LogP contribution in [0.4, 0.5) is 5.69 Å². The fraction of sp³-hybridized carbons (Fsp3) is 0.143. The van der Waals surface area contributed by atoms with Crippen LogP contribution in [0.1, 0.15) is 18.1 Å². The molecule has 3 aromatic carbocycles. The van der Waals surface area contributed by atoms with Crippen LogP contribution in [0.25, 0.3) is 6.08 Å². The summed E-state index contributed by atoms with van der Waals surface area (Å²) in [6.45, 7) is 2.07. The van der Waals surface area contributed by atoms with Gasteiger partial charge in [-0.1, -0.05) is 71.4 Å². The van der Waals surface area contributed by atoms with E-state index < -0.39 is 5.97 Å². The predicted octanol–water partition coefficient (Wildman–Crippen LogP) is 7.77. The average molecular weight is 556 g/mol. The molecule has 3 aromatic rings. The van der Waals surface area contributed by atoms with E-state index in [1.807, 2.05) is 36.4 Å². The van der Waals surface area contributed by atoms with Crippen LogP contribution in [0.2, 0.25) is 10.0 Å². The molecule has 1 heterocycles. The molecule has 9 heteroatoms. The van der Waals surface area contributed by atoms with Gasteiger partial charge in [0, 0.05) is 10.6 Å². The summed E-state index contributed by atoms with van der Waals surface area (Å²) in [5, 5.41) is 12.2. The minimum atomic E-state index is -0.649. The van der Waals surface area contributed by atoms with Gasteiger partial charge in [-0.05, 0) is 48.9 Å². The Balaban J connectivity index is 1.67. The first kappa shape index (κ1) is 26.7. The molecule has 0 fully saturated rings. The number of carbonyl (C=O) groups excluding carboxylic acids is 1. The Morgan fingerprint density at radius 1 is 1.05 bits per heavy atom. The lowest BCUT2D eigenvalue weighted by Crippen LogP contribution is -2.12. The van der Waals surface area contributed by atoms with Crippen molar-refractivity contribution in [2.75, 3.05) is 13.7 Å². The molecule has 0 saturated heterocycles. The molecule has 0 radical (unpaired) electrons. The van der Waals surface area contributed by atoms with Gasteiger partial charge in [0.2, 0.25) is 0 Å². The molecule has 0 aromatic heterocycles. The number of carbonyl (C=O) groups is 1. The summed E-state index contributed by atoms with van der Waals surface area (Å²) in [4.78, 5) is 17.6. The van der Waals surface area contributed by atoms with Gasteiger partial charge in [-0.3, -0.25) is 0 Å². The molecule has 0 amide bonds. The average Bonchev–Trinajstić information content (AvgIpc) is 3.18. The molecular formula is C28H23Cl2NO5S. The number of benzene rings is 3. The third kappa shape index (κ3) is 6.31. The number of thioether (sulfide) groups is 1. The molecule has 37 heavy (non-hydrogen) atoms. The molecule has 0 atom stereocenters. The van der Waals surface area contributed by atoms with Gasteiger partial charge in [-0.2, -0.15) is 0 Å². The van der Waals surface area contributed by atoms with Gasteiger partial charge in [0.25, 0.3) is 0 Å². The lowest BCUT2D eigenvalue weighted by molar-refractivity contribution is -0.138. The molecule has 1 N–H and O–H groups in total. The Bertz CT molecular complexity index is 1400. The summed E-state index contributed by atoms with van der Waals surface area (Å²) < 4.78 is 16.6. The summed E-state index contributed by atoms with van der Waals surface area (Å²) in [7, 11) is 1.51. The smallest absolute Gasteiger partial charge is 0.344 e. The molecule has 1 aliphatic heterocycles. The number of aliphatic imine (C=N–C) groups is 1. The SMILES string of the molecule is CCOC(=O)C1=C(O)/C(=C/c2cc(Cl)c(OCc3ccccc3Cl)c(OC)c2)SC1=Nc1ccccc1. The zero-order chi connectivity index (χ0) is 26.4. The number of aliphatic hydroxyl groups excluding tert-OH is 1. The van der Waals surface area contributed by atoms with Gasteiger partial charge in [0.1, 0.15) is 23.0 Å². The second kappa shape index (κ2) is 12.2. The van der Waals surface area contributed by atoms with Crippen molar-refractivity contribution in [1.82, 2.24) is 0 Å². The van der Waals surface area contributed by atoms with Crippen molar-refractivity contribution in [2.24, 2.45) is 4.99 Å². The van der Waals surface area contributed by atoms with Crippen LogP contribution in [0, 0.1) is 0 Å². The Kier molecular flexibility index (Phi) is 8.82. The highest BCUT2D eigenvalue weighted by atomic mass is 35.5. The Morgan fingerprint density at radius 2 is 1.78 bits per heavy atom. The van der Waals surface area contributed by atoms with Gasteiger partial charge >= 0.3 is 5.97 Å². The summed E-state index contributed by atoms with van der Waals surface area (Å²) in [5.41, 5.74) is 2.10. The zero-order valence-corrected chi connectivity index (χ0v) is 22.4. The van der Waals surface area contributed by atoms with Crippen molar-refractivity contribution in [3.8, 4) is 11.5 Å². The van der Waals surface area contributed by atoms with Crippen molar-refractivity contribution in [2.45, 2.75) is 13.5 Å². The first-order valence-corrected chi connectivity index (χ1v) is 12.9. The standard InChI is InChI=1S/C28H23Cl2NO5S/c1-3-35-28(33)24-25(32)23(37-27(24)31-19-10-5-4-6-11-19)15-17-13-21(30)26(22(14-17)34-2)36-16-18-9-7-8-12-20(18)29/h4-15,32H,3,16H2,1-2H3/b23-15-,31-27?. The van der Waals surface area contributed by atoms with Gasteiger partial charge in [-0.25, -0.2) is 9.79 Å².